The number of rotatable bonds is 14. The topological polar surface area (TPSA) is 132 Å². The predicted octanol–water partition coefficient (Wildman–Crippen LogP) is 4.67. The van der Waals surface area contributed by atoms with E-state index < -0.39 is 34.2 Å². The molecule has 2 amide bonds. The lowest BCUT2D eigenvalue weighted by molar-refractivity contribution is -0.114. The molecule has 4 rings (SSSR count). The zero-order valence-electron chi connectivity index (χ0n) is 25.7. The first kappa shape index (κ1) is 33.6. The lowest BCUT2D eigenvalue weighted by atomic mass is 10.1. The Morgan fingerprint density at radius 3 is 2.02 bits per heavy atom. The van der Waals surface area contributed by atoms with E-state index >= 15 is 0 Å². The van der Waals surface area contributed by atoms with Gasteiger partial charge < -0.3 is 29.6 Å². The van der Waals surface area contributed by atoms with Crippen molar-refractivity contribution in [3.63, 3.8) is 0 Å². The van der Waals surface area contributed by atoms with Gasteiger partial charge in [0.05, 0.1) is 50.3 Å². The van der Waals surface area contributed by atoms with E-state index in [2.05, 4.69) is 10.6 Å². The number of para-hydroxylation sites is 1. The van der Waals surface area contributed by atoms with Gasteiger partial charge in [-0.15, -0.1) is 0 Å². The Morgan fingerprint density at radius 2 is 1.37 bits per heavy atom. The second-order valence-electron chi connectivity index (χ2n) is 9.79. The van der Waals surface area contributed by atoms with Crippen molar-refractivity contribution in [3.8, 4) is 23.0 Å². The van der Waals surface area contributed by atoms with Gasteiger partial charge in [0, 0.05) is 12.6 Å². The molecule has 0 aliphatic carbocycles. The molecular weight excluding hydrogens is 617 g/mol. The van der Waals surface area contributed by atoms with Crippen LogP contribution in [0, 0.1) is 5.82 Å². The molecule has 0 aliphatic heterocycles. The van der Waals surface area contributed by atoms with Crippen molar-refractivity contribution in [2.75, 3.05) is 51.2 Å². The van der Waals surface area contributed by atoms with Crippen molar-refractivity contribution in [1.82, 2.24) is 5.32 Å². The number of carbonyl (C=O) groups is 2. The van der Waals surface area contributed by atoms with Crippen molar-refractivity contribution in [1.29, 1.82) is 0 Å². The summed E-state index contributed by atoms with van der Waals surface area (Å²) in [4.78, 5) is 26.3. The standard InChI is InChI=1S/C33H34FN3O8S/c1-42-28-15-9-22(19-30(28)44-3)17-18-35-33(39)26-7-5-6-8-27(26)36-32(38)21-37(24-12-10-23(34)11-13-24)46(40,41)25-14-16-29(43-2)31(20-25)45-4/h5-16,19-20H,17-18,21H2,1-4H3,(H,35,39)(H,36,38). The molecule has 46 heavy (non-hydrogen) atoms. The normalized spacial score (nSPS) is 10.9. The third kappa shape index (κ3) is 7.85. The van der Waals surface area contributed by atoms with Crippen LogP contribution in [0.15, 0.2) is 89.8 Å². The number of hydrogen-bond acceptors (Lipinski definition) is 8. The maximum Gasteiger partial charge on any atom is 0.264 e. The Kier molecular flexibility index (Phi) is 11.0. The van der Waals surface area contributed by atoms with Gasteiger partial charge in [-0.05, 0) is 72.6 Å². The van der Waals surface area contributed by atoms with Crippen LogP contribution in [-0.4, -0.2) is 61.8 Å². The van der Waals surface area contributed by atoms with Crippen LogP contribution in [-0.2, 0) is 21.2 Å². The Balaban J connectivity index is 1.52. The Bertz CT molecular complexity index is 1800. The molecule has 0 heterocycles. The van der Waals surface area contributed by atoms with Crippen molar-refractivity contribution in [2.45, 2.75) is 11.3 Å². The number of methoxy groups -OCH3 is 4. The van der Waals surface area contributed by atoms with Crippen molar-refractivity contribution < 1.29 is 41.3 Å². The molecule has 2 N–H and O–H groups in total. The summed E-state index contributed by atoms with van der Waals surface area (Å²) in [7, 11) is 1.50. The van der Waals surface area contributed by atoms with E-state index in [4.69, 9.17) is 18.9 Å². The molecule has 0 aromatic heterocycles. The van der Waals surface area contributed by atoms with E-state index in [0.717, 1.165) is 22.0 Å². The fourth-order valence-electron chi connectivity index (χ4n) is 4.59. The first-order chi connectivity index (χ1) is 22.1. The summed E-state index contributed by atoms with van der Waals surface area (Å²) in [5.74, 6) is -0.118. The number of hydrogen-bond donors (Lipinski definition) is 2. The molecule has 4 aromatic carbocycles. The average Bonchev–Trinajstić information content (AvgIpc) is 3.07. The molecular formula is C33H34FN3O8S. The van der Waals surface area contributed by atoms with Gasteiger partial charge in [0.2, 0.25) is 5.91 Å². The van der Waals surface area contributed by atoms with E-state index in [-0.39, 0.29) is 27.6 Å². The Hall–Kier alpha value is -5.30. The maximum atomic E-state index is 13.8. The lowest BCUT2D eigenvalue weighted by Gasteiger charge is -2.24. The van der Waals surface area contributed by atoms with E-state index in [1.54, 1.807) is 38.5 Å². The first-order valence-corrected chi connectivity index (χ1v) is 15.4. The number of nitrogens with one attached hydrogen (secondary N) is 2. The number of carbonyl (C=O) groups excluding carboxylic acids is 2. The van der Waals surface area contributed by atoms with Gasteiger partial charge in [-0.2, -0.15) is 0 Å². The van der Waals surface area contributed by atoms with Crippen LogP contribution in [0.5, 0.6) is 23.0 Å². The largest absolute Gasteiger partial charge is 0.493 e. The summed E-state index contributed by atoms with van der Waals surface area (Å²) in [6.07, 6.45) is 0.501. The fourth-order valence-corrected chi connectivity index (χ4v) is 6.03. The zero-order valence-corrected chi connectivity index (χ0v) is 26.5. The second-order valence-corrected chi connectivity index (χ2v) is 11.7. The first-order valence-electron chi connectivity index (χ1n) is 14.0. The van der Waals surface area contributed by atoms with Crippen molar-refractivity contribution >= 4 is 33.2 Å². The lowest BCUT2D eigenvalue weighted by Crippen LogP contribution is -2.38. The summed E-state index contributed by atoms with van der Waals surface area (Å²) >= 11 is 0. The van der Waals surface area contributed by atoms with Gasteiger partial charge in [0.15, 0.2) is 23.0 Å². The summed E-state index contributed by atoms with van der Waals surface area (Å²) < 4.78 is 63.3. The van der Waals surface area contributed by atoms with E-state index in [0.29, 0.717) is 30.2 Å². The monoisotopic (exact) mass is 651 g/mol. The van der Waals surface area contributed by atoms with E-state index in [9.17, 15) is 22.4 Å². The van der Waals surface area contributed by atoms with Crippen LogP contribution in [0.1, 0.15) is 15.9 Å². The maximum absolute atomic E-state index is 13.8. The van der Waals surface area contributed by atoms with E-state index in [1.807, 2.05) is 12.1 Å². The highest BCUT2D eigenvalue weighted by molar-refractivity contribution is 7.92. The van der Waals surface area contributed by atoms with Gasteiger partial charge in [-0.1, -0.05) is 18.2 Å². The minimum absolute atomic E-state index is 0.0486. The van der Waals surface area contributed by atoms with Crippen LogP contribution in [0.3, 0.4) is 0 Å². The highest BCUT2D eigenvalue weighted by atomic mass is 32.2. The molecule has 242 valence electrons. The van der Waals surface area contributed by atoms with Gasteiger partial charge in [-0.3, -0.25) is 13.9 Å². The summed E-state index contributed by atoms with van der Waals surface area (Å²) in [6.45, 7) is -0.393. The van der Waals surface area contributed by atoms with Crippen molar-refractivity contribution in [2.24, 2.45) is 0 Å². The Labute approximate surface area is 266 Å². The number of ether oxygens (including phenoxy) is 4. The van der Waals surface area contributed by atoms with Gasteiger partial charge >= 0.3 is 0 Å². The molecule has 0 aliphatic rings. The van der Waals surface area contributed by atoms with Crippen LogP contribution in [0.4, 0.5) is 15.8 Å². The second kappa shape index (κ2) is 15.1. The molecule has 0 fully saturated rings. The van der Waals surface area contributed by atoms with Crippen LogP contribution < -0.4 is 33.9 Å². The van der Waals surface area contributed by atoms with Gasteiger partial charge in [0.1, 0.15) is 12.4 Å². The minimum Gasteiger partial charge on any atom is -0.493 e. The minimum atomic E-state index is -4.37. The number of sulfonamides is 1. The van der Waals surface area contributed by atoms with Crippen LogP contribution >= 0.6 is 0 Å². The quantitative estimate of drug-likeness (QED) is 0.201. The molecule has 0 saturated heterocycles. The van der Waals surface area contributed by atoms with Gasteiger partial charge in [-0.25, -0.2) is 12.8 Å². The fraction of sp³-hybridized carbons (Fsp3) is 0.212. The third-order valence-corrected chi connectivity index (χ3v) is 8.71. The molecule has 0 saturated carbocycles. The third-order valence-electron chi connectivity index (χ3n) is 6.94. The molecule has 0 spiro atoms. The number of halogens is 1. The summed E-state index contributed by atoms with van der Waals surface area (Å²) in [5.41, 5.74) is 1.32. The molecule has 0 radical (unpaired) electrons. The number of amides is 2. The SMILES string of the molecule is COc1ccc(CCNC(=O)c2ccccc2NC(=O)CN(c2ccc(F)cc2)S(=O)(=O)c2ccc(OC)c(OC)c2)cc1OC. The summed E-state index contributed by atoms with van der Waals surface area (Å²) in [5, 5.41) is 5.49. The van der Waals surface area contributed by atoms with E-state index in [1.165, 1.54) is 50.6 Å². The van der Waals surface area contributed by atoms with Crippen LogP contribution in [0.25, 0.3) is 0 Å². The predicted molar refractivity (Wildman–Crippen MR) is 171 cm³/mol. The number of anilines is 2. The molecule has 13 heteroatoms. The molecule has 0 atom stereocenters. The Morgan fingerprint density at radius 1 is 0.761 bits per heavy atom. The number of nitrogens with zero attached hydrogens (tertiary/aromatic N) is 1. The summed E-state index contributed by atoms with van der Waals surface area (Å²) in [6, 6.07) is 20.5. The highest BCUT2D eigenvalue weighted by Gasteiger charge is 2.29. The van der Waals surface area contributed by atoms with Crippen LogP contribution in [0.2, 0.25) is 0 Å². The molecule has 0 unspecified atom stereocenters. The molecule has 0 bridgehead atoms. The number of benzene rings is 4. The average molecular weight is 652 g/mol. The van der Waals surface area contributed by atoms with Crippen molar-refractivity contribution in [3.05, 3.63) is 102 Å². The molecule has 11 nitrogen and oxygen atoms in total. The zero-order chi connectivity index (χ0) is 33.3. The molecule has 4 aromatic rings. The highest BCUT2D eigenvalue weighted by Crippen LogP contribution is 2.32. The van der Waals surface area contributed by atoms with Gasteiger partial charge in [0.25, 0.3) is 15.9 Å². The smallest absolute Gasteiger partial charge is 0.264 e.